The zero-order chi connectivity index (χ0) is 12.7. The summed E-state index contributed by atoms with van der Waals surface area (Å²) < 4.78 is 22.8. The van der Waals surface area contributed by atoms with Crippen LogP contribution in [0, 0.1) is 0 Å². The van der Waals surface area contributed by atoms with Gasteiger partial charge in [-0.15, -0.1) is 0 Å². The highest BCUT2D eigenvalue weighted by atomic mass is 80.0. The second-order valence-corrected chi connectivity index (χ2v) is 13.7. The zero-order valence-corrected chi connectivity index (χ0v) is 13.8. The molecule has 0 saturated heterocycles. The second-order valence-electron chi connectivity index (χ2n) is 3.32. The summed E-state index contributed by atoms with van der Waals surface area (Å²) in [5.74, 6) is 0. The Morgan fingerprint density at radius 2 is 1.65 bits per heavy atom. The van der Waals surface area contributed by atoms with Crippen LogP contribution in [0.3, 0.4) is 0 Å². The van der Waals surface area contributed by atoms with Crippen LogP contribution in [0.4, 0.5) is 0 Å². The van der Waals surface area contributed by atoms with Crippen molar-refractivity contribution in [3.8, 4) is 0 Å². The van der Waals surface area contributed by atoms with Gasteiger partial charge < -0.3 is 0 Å². The van der Waals surface area contributed by atoms with Crippen molar-refractivity contribution >= 4 is 68.4 Å². The molecule has 1 heterocycles. The lowest BCUT2D eigenvalue weighted by Gasteiger charge is -2.12. The van der Waals surface area contributed by atoms with E-state index in [0.717, 1.165) is 10.8 Å². The normalized spacial score (nSPS) is 12.9. The summed E-state index contributed by atoms with van der Waals surface area (Å²) in [5.41, 5.74) is 0. The molecule has 1 aromatic heterocycles. The average molecular weight is 444 g/mol. The molecule has 3 nitrogen and oxygen atoms in total. The first-order chi connectivity index (χ1) is 7.82. The summed E-state index contributed by atoms with van der Waals surface area (Å²) in [6, 6.07) is 8.99. The third kappa shape index (κ3) is 2.57. The van der Waals surface area contributed by atoms with E-state index in [1.807, 2.05) is 24.3 Å². The van der Waals surface area contributed by atoms with Gasteiger partial charge >= 0.3 is 0 Å². The van der Waals surface area contributed by atoms with Gasteiger partial charge in [0.2, 0.25) is 11.3 Å². The molecule has 0 aliphatic carbocycles. The van der Waals surface area contributed by atoms with Crippen molar-refractivity contribution < 1.29 is 8.42 Å². The van der Waals surface area contributed by atoms with Gasteiger partial charge in [-0.3, -0.25) is 0 Å². The molecule has 0 atom stereocenters. The molecule has 0 fully saturated rings. The van der Waals surface area contributed by atoms with Crippen LogP contribution in [0.2, 0.25) is 0 Å². The first-order valence-electron chi connectivity index (χ1n) is 4.48. The molecule has 0 saturated carbocycles. The zero-order valence-electron chi connectivity index (χ0n) is 8.27. The number of hydrogen-bond donors (Lipinski definition) is 0. The van der Waals surface area contributed by atoms with Crippen LogP contribution in [0.15, 0.2) is 41.6 Å². The third-order valence-electron chi connectivity index (χ3n) is 2.19. The van der Waals surface area contributed by atoms with Gasteiger partial charge in [-0.2, -0.15) is 0 Å². The Balaban J connectivity index is 2.66. The minimum Gasteiger partial charge on any atom is -0.244 e. The van der Waals surface area contributed by atoms with Gasteiger partial charge in [0.05, 0.1) is 0 Å². The van der Waals surface area contributed by atoms with Crippen LogP contribution >= 0.6 is 47.8 Å². The minimum atomic E-state index is -3.63. The highest BCUT2D eigenvalue weighted by molar-refractivity contribution is 9.42. The molecule has 0 N–H and O–H groups in total. The summed E-state index contributed by atoms with van der Waals surface area (Å²) in [7, 11) is -3.63. The van der Waals surface area contributed by atoms with E-state index in [1.54, 1.807) is 12.3 Å². The molecule has 2 aromatic rings. The Morgan fingerprint density at radius 3 is 2.24 bits per heavy atom. The van der Waals surface area contributed by atoms with Gasteiger partial charge in [-0.25, -0.2) is 13.4 Å². The van der Waals surface area contributed by atoms with E-state index in [2.05, 4.69) is 52.8 Å². The summed E-state index contributed by atoms with van der Waals surface area (Å²) in [6.45, 7) is 0. The fraction of sp³-hybridized carbons (Fsp3) is 0.100. The van der Waals surface area contributed by atoms with Crippen LogP contribution in [0.5, 0.6) is 0 Å². The fourth-order valence-corrected chi connectivity index (χ4v) is 3.53. The fourth-order valence-electron chi connectivity index (χ4n) is 1.33. The standard InChI is InChI=1S/C10H6Br3NO2S/c11-10(12,13)17(15,16)9-5-7-3-1-2-4-8(7)6-14-9/h1-6H. The molecule has 0 bridgehead atoms. The number of fused-ring (bicyclic) bond motifs is 1. The van der Waals surface area contributed by atoms with Crippen molar-refractivity contribution in [2.75, 3.05) is 0 Å². The second kappa shape index (κ2) is 4.60. The predicted octanol–water partition coefficient (Wildman–Crippen LogP) is 3.80. The summed E-state index contributed by atoms with van der Waals surface area (Å²) >= 11 is 9.02. The van der Waals surface area contributed by atoms with Gasteiger partial charge in [-0.05, 0) is 59.2 Å². The largest absolute Gasteiger partial charge is 0.244 e. The molecule has 17 heavy (non-hydrogen) atoms. The number of pyridine rings is 1. The van der Waals surface area contributed by atoms with Crippen molar-refractivity contribution in [1.82, 2.24) is 4.98 Å². The Morgan fingerprint density at radius 1 is 1.06 bits per heavy atom. The molecule has 90 valence electrons. The van der Waals surface area contributed by atoms with Gasteiger partial charge in [0.25, 0.3) is 0 Å². The number of hydrogen-bond acceptors (Lipinski definition) is 3. The SMILES string of the molecule is O=S(=O)(c1cc2ccccc2cn1)C(Br)(Br)Br. The van der Waals surface area contributed by atoms with Crippen LogP contribution < -0.4 is 0 Å². The Bertz CT molecular complexity index is 665. The number of halogens is 3. The third-order valence-corrected chi connectivity index (χ3v) is 7.41. The number of alkyl halides is 3. The van der Waals surface area contributed by atoms with Crippen LogP contribution in [-0.4, -0.2) is 14.9 Å². The molecule has 0 amide bonds. The molecule has 1 aromatic carbocycles. The molecule has 0 spiro atoms. The molecule has 0 aliphatic rings. The van der Waals surface area contributed by atoms with Crippen molar-refractivity contribution in [2.24, 2.45) is 0 Å². The Hall–Kier alpha value is 0.0200. The summed E-state index contributed by atoms with van der Waals surface area (Å²) in [5, 5.41) is 1.73. The molecule has 0 aliphatic heterocycles. The molecular formula is C10H6Br3NO2S. The van der Waals surface area contributed by atoms with Crippen LogP contribution in [0.1, 0.15) is 0 Å². The van der Waals surface area contributed by atoms with Gasteiger partial charge in [0, 0.05) is 11.6 Å². The minimum absolute atomic E-state index is 0.00169. The van der Waals surface area contributed by atoms with Crippen molar-refractivity contribution in [3.05, 3.63) is 36.5 Å². The van der Waals surface area contributed by atoms with E-state index < -0.39 is 11.3 Å². The number of benzene rings is 1. The quantitative estimate of drug-likeness (QED) is 0.630. The summed E-state index contributed by atoms with van der Waals surface area (Å²) in [4.78, 5) is 3.97. The molecule has 7 heteroatoms. The van der Waals surface area contributed by atoms with Crippen molar-refractivity contribution in [1.29, 1.82) is 0 Å². The maximum atomic E-state index is 12.1. The number of aromatic nitrogens is 1. The maximum Gasteiger partial charge on any atom is 0.240 e. The van der Waals surface area contributed by atoms with Gasteiger partial charge in [0.15, 0.2) is 5.03 Å². The summed E-state index contributed by atoms with van der Waals surface area (Å²) in [6.07, 6.45) is 1.54. The van der Waals surface area contributed by atoms with E-state index in [1.165, 1.54) is 0 Å². The van der Waals surface area contributed by atoms with Crippen molar-refractivity contribution in [2.45, 2.75) is 6.50 Å². The predicted molar refractivity (Wildman–Crippen MR) is 78.4 cm³/mol. The molecule has 0 unspecified atom stereocenters. The van der Waals surface area contributed by atoms with E-state index in [9.17, 15) is 8.42 Å². The first-order valence-corrected chi connectivity index (χ1v) is 8.35. The maximum absolute atomic E-state index is 12.1. The van der Waals surface area contributed by atoms with E-state index in [-0.39, 0.29) is 5.03 Å². The smallest absolute Gasteiger partial charge is 0.240 e. The van der Waals surface area contributed by atoms with E-state index in [4.69, 9.17) is 0 Å². The van der Waals surface area contributed by atoms with E-state index in [0.29, 0.717) is 0 Å². The Kier molecular flexibility index (Phi) is 3.64. The topological polar surface area (TPSA) is 47.0 Å². The molecule has 0 radical (unpaired) electrons. The van der Waals surface area contributed by atoms with Crippen LogP contribution in [-0.2, 0) is 9.84 Å². The lowest BCUT2D eigenvalue weighted by molar-refractivity contribution is 0.595. The highest BCUT2D eigenvalue weighted by Gasteiger charge is 2.38. The monoisotopic (exact) mass is 441 g/mol. The number of nitrogens with zero attached hydrogens (tertiary/aromatic N) is 1. The molecule has 2 rings (SSSR count). The average Bonchev–Trinajstić information content (AvgIpc) is 2.27. The Labute approximate surface area is 124 Å². The number of rotatable bonds is 1. The van der Waals surface area contributed by atoms with Crippen LogP contribution in [0.25, 0.3) is 10.8 Å². The number of sulfone groups is 1. The lowest BCUT2D eigenvalue weighted by Crippen LogP contribution is -2.18. The highest BCUT2D eigenvalue weighted by Crippen LogP contribution is 2.42. The van der Waals surface area contributed by atoms with Gasteiger partial charge in [-0.1, -0.05) is 24.3 Å². The van der Waals surface area contributed by atoms with Crippen molar-refractivity contribution in [3.63, 3.8) is 0 Å². The van der Waals surface area contributed by atoms with Gasteiger partial charge in [0.1, 0.15) is 0 Å². The lowest BCUT2D eigenvalue weighted by atomic mass is 10.2. The van der Waals surface area contributed by atoms with E-state index >= 15 is 0 Å². The molecular weight excluding hydrogens is 438 g/mol. The first kappa shape index (κ1) is 13.5.